The van der Waals surface area contributed by atoms with E-state index in [2.05, 4.69) is 43.1 Å². The molecule has 0 bridgehead atoms. The first kappa shape index (κ1) is 21.1. The summed E-state index contributed by atoms with van der Waals surface area (Å²) in [6.07, 6.45) is 0. The number of thioether (sulfide) groups is 1. The maximum Gasteiger partial charge on any atom is 0.277 e. The van der Waals surface area contributed by atoms with Gasteiger partial charge in [-0.25, -0.2) is 0 Å². The lowest BCUT2D eigenvalue weighted by Gasteiger charge is -2.20. The fourth-order valence-corrected chi connectivity index (χ4v) is 3.56. The number of carbonyl (C=O) groups excluding carboxylic acids is 1. The Hall–Kier alpha value is -2.60. The summed E-state index contributed by atoms with van der Waals surface area (Å²) in [6.45, 7) is 9.78. The smallest absolute Gasteiger partial charge is 0.277 e. The van der Waals surface area contributed by atoms with Crippen molar-refractivity contribution < 1.29 is 9.21 Å². The number of benzene rings is 2. The van der Waals surface area contributed by atoms with E-state index in [-0.39, 0.29) is 17.1 Å². The van der Waals surface area contributed by atoms with Crippen LogP contribution in [0, 0.1) is 0 Å². The van der Waals surface area contributed by atoms with Gasteiger partial charge in [0.1, 0.15) is 0 Å². The molecule has 5 nitrogen and oxygen atoms in total. The monoisotopic (exact) mass is 409 g/mol. The van der Waals surface area contributed by atoms with Crippen LogP contribution in [0.4, 0.5) is 0 Å². The van der Waals surface area contributed by atoms with Crippen molar-refractivity contribution in [2.75, 3.05) is 12.3 Å². The van der Waals surface area contributed by atoms with Crippen molar-refractivity contribution >= 4 is 17.7 Å². The Balaban J connectivity index is 1.59. The van der Waals surface area contributed by atoms with Crippen LogP contribution in [0.2, 0.25) is 0 Å². The molecule has 0 N–H and O–H groups in total. The Kier molecular flexibility index (Phi) is 6.75. The Morgan fingerprint density at radius 2 is 1.72 bits per heavy atom. The molecule has 1 aromatic heterocycles. The van der Waals surface area contributed by atoms with Crippen molar-refractivity contribution in [2.45, 2.75) is 44.9 Å². The second kappa shape index (κ2) is 9.27. The molecule has 0 aliphatic rings. The number of amides is 1. The fourth-order valence-electron chi connectivity index (χ4n) is 2.89. The molecule has 2 aromatic carbocycles. The molecule has 0 spiro atoms. The highest BCUT2D eigenvalue weighted by molar-refractivity contribution is 7.99. The zero-order valence-electron chi connectivity index (χ0n) is 17.4. The maximum atomic E-state index is 12.6. The maximum absolute atomic E-state index is 12.6. The van der Waals surface area contributed by atoms with Gasteiger partial charge in [-0.05, 0) is 35.6 Å². The average Bonchev–Trinajstić information content (AvgIpc) is 3.19. The van der Waals surface area contributed by atoms with E-state index in [0.717, 1.165) is 11.1 Å². The molecule has 3 rings (SSSR count). The summed E-state index contributed by atoms with van der Waals surface area (Å²) < 4.78 is 5.75. The number of nitrogens with zero attached hydrogens (tertiary/aromatic N) is 3. The highest BCUT2D eigenvalue weighted by Crippen LogP contribution is 2.27. The molecule has 0 atom stereocenters. The molecule has 29 heavy (non-hydrogen) atoms. The molecule has 0 aliphatic carbocycles. The summed E-state index contributed by atoms with van der Waals surface area (Å²) >= 11 is 1.27. The fraction of sp³-hybridized carbons (Fsp3) is 0.348. The second-order valence-electron chi connectivity index (χ2n) is 7.88. The third kappa shape index (κ3) is 5.70. The highest BCUT2D eigenvalue weighted by Gasteiger charge is 2.17. The summed E-state index contributed by atoms with van der Waals surface area (Å²) in [6, 6.07) is 18.1. The molecule has 0 fully saturated rings. The van der Waals surface area contributed by atoms with E-state index in [1.165, 1.54) is 17.3 Å². The zero-order chi connectivity index (χ0) is 20.9. The van der Waals surface area contributed by atoms with Gasteiger partial charge in [0.15, 0.2) is 0 Å². The summed E-state index contributed by atoms with van der Waals surface area (Å²) in [7, 11) is 0. The standard InChI is InChI=1S/C23H27N3O2S/c1-5-26(15-17-9-7-6-8-10-17)20(27)16-29-22-25-24-21(28-22)18-11-13-19(14-12-18)23(2,3)4/h6-14H,5,15-16H2,1-4H3. The third-order valence-corrected chi connectivity index (χ3v) is 5.48. The molecule has 0 saturated heterocycles. The molecule has 0 saturated carbocycles. The van der Waals surface area contributed by atoms with Gasteiger partial charge in [0, 0.05) is 18.7 Å². The number of hydrogen-bond acceptors (Lipinski definition) is 5. The van der Waals surface area contributed by atoms with Crippen molar-refractivity contribution in [1.82, 2.24) is 15.1 Å². The summed E-state index contributed by atoms with van der Waals surface area (Å²) in [5.41, 5.74) is 3.34. The SMILES string of the molecule is CCN(Cc1ccccc1)C(=O)CSc1nnc(-c2ccc(C(C)(C)C)cc2)o1. The van der Waals surface area contributed by atoms with Gasteiger partial charge in [-0.2, -0.15) is 0 Å². The van der Waals surface area contributed by atoms with E-state index in [0.29, 0.717) is 24.2 Å². The Morgan fingerprint density at radius 3 is 2.34 bits per heavy atom. The van der Waals surface area contributed by atoms with Crippen LogP contribution in [-0.4, -0.2) is 33.3 Å². The van der Waals surface area contributed by atoms with Crippen LogP contribution in [0.1, 0.15) is 38.8 Å². The lowest BCUT2D eigenvalue weighted by atomic mass is 9.87. The van der Waals surface area contributed by atoms with E-state index in [1.54, 1.807) is 0 Å². The topological polar surface area (TPSA) is 59.2 Å². The van der Waals surface area contributed by atoms with Gasteiger partial charge in [-0.3, -0.25) is 4.79 Å². The molecule has 0 radical (unpaired) electrons. The zero-order valence-corrected chi connectivity index (χ0v) is 18.2. The predicted octanol–water partition coefficient (Wildman–Crippen LogP) is 5.17. The van der Waals surface area contributed by atoms with Gasteiger partial charge in [-0.15, -0.1) is 10.2 Å². The molecule has 0 unspecified atom stereocenters. The minimum absolute atomic E-state index is 0.0515. The van der Waals surface area contributed by atoms with Crippen molar-refractivity contribution in [3.8, 4) is 11.5 Å². The van der Waals surface area contributed by atoms with Crippen molar-refractivity contribution in [3.63, 3.8) is 0 Å². The van der Waals surface area contributed by atoms with Crippen molar-refractivity contribution in [1.29, 1.82) is 0 Å². The third-order valence-electron chi connectivity index (χ3n) is 4.67. The van der Waals surface area contributed by atoms with E-state index >= 15 is 0 Å². The minimum Gasteiger partial charge on any atom is -0.411 e. The van der Waals surface area contributed by atoms with Crippen LogP contribution in [-0.2, 0) is 16.8 Å². The van der Waals surface area contributed by atoms with Gasteiger partial charge in [0.05, 0.1) is 5.75 Å². The second-order valence-corrected chi connectivity index (χ2v) is 8.81. The van der Waals surface area contributed by atoms with E-state index in [1.807, 2.05) is 54.3 Å². The Labute approximate surface area is 176 Å². The van der Waals surface area contributed by atoms with Crippen molar-refractivity contribution in [2.24, 2.45) is 0 Å². The largest absolute Gasteiger partial charge is 0.411 e. The van der Waals surface area contributed by atoms with Crippen LogP contribution >= 0.6 is 11.8 Å². The molecule has 3 aromatic rings. The number of aromatic nitrogens is 2. The highest BCUT2D eigenvalue weighted by atomic mass is 32.2. The average molecular weight is 410 g/mol. The molecular weight excluding hydrogens is 382 g/mol. The van der Waals surface area contributed by atoms with Crippen LogP contribution in [0.5, 0.6) is 0 Å². The lowest BCUT2D eigenvalue weighted by Crippen LogP contribution is -2.31. The molecule has 6 heteroatoms. The molecule has 1 heterocycles. The quantitative estimate of drug-likeness (QED) is 0.504. The lowest BCUT2D eigenvalue weighted by molar-refractivity contribution is -0.128. The molecular formula is C23H27N3O2S. The van der Waals surface area contributed by atoms with Crippen LogP contribution in [0.3, 0.4) is 0 Å². The minimum atomic E-state index is 0.0515. The van der Waals surface area contributed by atoms with Crippen molar-refractivity contribution in [3.05, 3.63) is 65.7 Å². The number of hydrogen-bond donors (Lipinski definition) is 0. The van der Waals surface area contributed by atoms with Crippen LogP contribution in [0.25, 0.3) is 11.5 Å². The van der Waals surface area contributed by atoms with Gasteiger partial charge in [0.25, 0.3) is 5.22 Å². The predicted molar refractivity (Wildman–Crippen MR) is 117 cm³/mol. The summed E-state index contributed by atoms with van der Waals surface area (Å²) in [5, 5.41) is 8.61. The van der Waals surface area contributed by atoms with Crippen LogP contribution < -0.4 is 0 Å². The Morgan fingerprint density at radius 1 is 1.03 bits per heavy atom. The summed E-state index contributed by atoms with van der Waals surface area (Å²) in [4.78, 5) is 14.4. The van der Waals surface area contributed by atoms with Gasteiger partial charge >= 0.3 is 0 Å². The van der Waals surface area contributed by atoms with Crippen LogP contribution in [0.15, 0.2) is 64.2 Å². The van der Waals surface area contributed by atoms with Gasteiger partial charge in [-0.1, -0.05) is 75.0 Å². The molecule has 152 valence electrons. The first-order chi connectivity index (χ1) is 13.9. The first-order valence-corrected chi connectivity index (χ1v) is 10.7. The van der Waals surface area contributed by atoms with Gasteiger partial charge < -0.3 is 9.32 Å². The van der Waals surface area contributed by atoms with E-state index in [9.17, 15) is 4.79 Å². The first-order valence-electron chi connectivity index (χ1n) is 9.75. The summed E-state index contributed by atoms with van der Waals surface area (Å²) in [5.74, 6) is 0.790. The normalized spacial score (nSPS) is 11.4. The van der Waals surface area contributed by atoms with E-state index < -0.39 is 0 Å². The number of carbonyl (C=O) groups is 1. The number of rotatable bonds is 7. The van der Waals surface area contributed by atoms with E-state index in [4.69, 9.17) is 4.42 Å². The molecule has 1 amide bonds. The molecule has 0 aliphatic heterocycles. The Bertz CT molecular complexity index is 931. The van der Waals surface area contributed by atoms with Gasteiger partial charge in [0.2, 0.25) is 11.8 Å².